The molecule has 0 aliphatic carbocycles. The van der Waals surface area contributed by atoms with Crippen molar-refractivity contribution in [2.24, 2.45) is 0 Å². The fourth-order valence-electron chi connectivity index (χ4n) is 2.30. The summed E-state index contributed by atoms with van der Waals surface area (Å²) in [5.41, 5.74) is 6.84. The predicted molar refractivity (Wildman–Crippen MR) is 76.8 cm³/mol. The maximum Gasteiger partial charge on any atom is 0.0349 e. The molecule has 17 heavy (non-hydrogen) atoms. The van der Waals surface area contributed by atoms with Crippen LogP contribution in [0.25, 0.3) is 10.8 Å². The fourth-order valence-corrected chi connectivity index (χ4v) is 2.30. The Morgan fingerprint density at radius 1 is 0.706 bits per heavy atom. The van der Waals surface area contributed by atoms with Crippen LogP contribution in [0, 0.1) is 34.6 Å². The van der Waals surface area contributed by atoms with Gasteiger partial charge in [0, 0.05) is 17.8 Å². The van der Waals surface area contributed by atoms with E-state index in [0.717, 1.165) is 0 Å². The molecule has 0 atom stereocenters. The van der Waals surface area contributed by atoms with Crippen molar-refractivity contribution < 1.29 is 0 Å². The number of pyridine rings is 1. The van der Waals surface area contributed by atoms with Crippen LogP contribution in [0.1, 0.15) is 41.7 Å². The summed E-state index contributed by atoms with van der Waals surface area (Å²) in [6.45, 7) is 14.9. The van der Waals surface area contributed by atoms with Crippen molar-refractivity contribution >= 4 is 10.8 Å². The summed E-state index contributed by atoms with van der Waals surface area (Å²) in [5.74, 6) is 0. The van der Waals surface area contributed by atoms with Crippen molar-refractivity contribution in [2.75, 3.05) is 0 Å². The molecule has 0 bridgehead atoms. The Hall–Kier alpha value is -1.37. The van der Waals surface area contributed by atoms with Crippen LogP contribution in [0.4, 0.5) is 0 Å². The van der Waals surface area contributed by atoms with Crippen LogP contribution in [0.15, 0.2) is 12.4 Å². The van der Waals surface area contributed by atoms with Crippen LogP contribution in [0.2, 0.25) is 0 Å². The number of benzene rings is 1. The molecular formula is C16H23N. The largest absolute Gasteiger partial charge is 0.264 e. The first-order chi connectivity index (χ1) is 8.04. The first kappa shape index (κ1) is 13.7. The molecule has 0 fully saturated rings. The third-order valence-corrected chi connectivity index (χ3v) is 3.60. The molecule has 0 saturated heterocycles. The molecule has 0 unspecified atom stereocenters. The van der Waals surface area contributed by atoms with Gasteiger partial charge in [0.1, 0.15) is 0 Å². The molecule has 1 heteroatoms. The van der Waals surface area contributed by atoms with E-state index in [-0.39, 0.29) is 0 Å². The zero-order valence-electron chi connectivity index (χ0n) is 12.1. The molecule has 0 amide bonds. The van der Waals surface area contributed by atoms with E-state index < -0.39 is 0 Å². The Balaban J connectivity index is 0.000000686. The van der Waals surface area contributed by atoms with E-state index in [0.29, 0.717) is 0 Å². The lowest BCUT2D eigenvalue weighted by atomic mass is 9.91. The molecule has 1 aromatic carbocycles. The highest BCUT2D eigenvalue weighted by Gasteiger charge is 2.10. The molecule has 2 aromatic rings. The summed E-state index contributed by atoms with van der Waals surface area (Å²) in [6.07, 6.45) is 3.93. The van der Waals surface area contributed by atoms with Crippen LogP contribution in [-0.4, -0.2) is 4.98 Å². The van der Waals surface area contributed by atoms with Gasteiger partial charge in [-0.25, -0.2) is 0 Å². The van der Waals surface area contributed by atoms with Gasteiger partial charge in [0.2, 0.25) is 0 Å². The van der Waals surface area contributed by atoms with E-state index in [1.807, 2.05) is 26.2 Å². The Morgan fingerprint density at radius 2 is 1.24 bits per heavy atom. The van der Waals surface area contributed by atoms with Gasteiger partial charge in [0.05, 0.1) is 0 Å². The normalized spacial score (nSPS) is 10.1. The molecule has 1 heterocycles. The van der Waals surface area contributed by atoms with Crippen LogP contribution in [0.5, 0.6) is 0 Å². The van der Waals surface area contributed by atoms with E-state index in [1.165, 1.54) is 38.6 Å². The van der Waals surface area contributed by atoms with Crippen molar-refractivity contribution in [1.29, 1.82) is 0 Å². The van der Waals surface area contributed by atoms with Gasteiger partial charge >= 0.3 is 0 Å². The number of hydrogen-bond acceptors (Lipinski definition) is 1. The Bertz CT molecular complexity index is 539. The fraction of sp³-hybridized carbons (Fsp3) is 0.438. The van der Waals surface area contributed by atoms with E-state index >= 15 is 0 Å². The molecular weight excluding hydrogens is 206 g/mol. The first-order valence-corrected chi connectivity index (χ1v) is 6.34. The van der Waals surface area contributed by atoms with E-state index in [2.05, 4.69) is 39.6 Å². The Labute approximate surface area is 105 Å². The topological polar surface area (TPSA) is 12.9 Å². The summed E-state index contributed by atoms with van der Waals surface area (Å²) in [4.78, 5) is 4.29. The van der Waals surface area contributed by atoms with Crippen molar-refractivity contribution in [3.8, 4) is 0 Å². The Morgan fingerprint density at radius 3 is 1.82 bits per heavy atom. The van der Waals surface area contributed by atoms with Gasteiger partial charge in [-0.05, 0) is 67.8 Å². The predicted octanol–water partition coefficient (Wildman–Crippen LogP) is 4.80. The van der Waals surface area contributed by atoms with Crippen molar-refractivity contribution in [2.45, 2.75) is 48.5 Å². The zero-order chi connectivity index (χ0) is 13.2. The SMILES string of the molecule is CC.Cc1c(C)c(C)c2c(C)cncc2c1C. The Kier molecular flexibility index (Phi) is 4.28. The second-order valence-corrected chi connectivity index (χ2v) is 4.38. The number of aromatic nitrogens is 1. The minimum atomic E-state index is 1.27. The van der Waals surface area contributed by atoms with Gasteiger partial charge in [-0.3, -0.25) is 4.98 Å². The summed E-state index contributed by atoms with van der Waals surface area (Å²) in [6, 6.07) is 0. The molecule has 1 nitrogen and oxygen atoms in total. The van der Waals surface area contributed by atoms with Gasteiger partial charge in [-0.2, -0.15) is 0 Å². The average Bonchev–Trinajstić information content (AvgIpc) is 2.36. The molecule has 0 radical (unpaired) electrons. The molecule has 0 aliphatic heterocycles. The smallest absolute Gasteiger partial charge is 0.0349 e. The first-order valence-electron chi connectivity index (χ1n) is 6.34. The minimum absolute atomic E-state index is 1.27. The number of rotatable bonds is 0. The molecule has 2 rings (SSSR count). The van der Waals surface area contributed by atoms with Crippen LogP contribution < -0.4 is 0 Å². The number of aryl methyl sites for hydroxylation is 3. The van der Waals surface area contributed by atoms with Crippen molar-refractivity contribution in [1.82, 2.24) is 4.98 Å². The van der Waals surface area contributed by atoms with Gasteiger partial charge < -0.3 is 0 Å². The van der Waals surface area contributed by atoms with Crippen LogP contribution in [-0.2, 0) is 0 Å². The lowest BCUT2D eigenvalue weighted by Gasteiger charge is -2.14. The summed E-state index contributed by atoms with van der Waals surface area (Å²) in [5, 5.41) is 2.68. The molecule has 0 saturated carbocycles. The second kappa shape index (κ2) is 5.31. The monoisotopic (exact) mass is 229 g/mol. The van der Waals surface area contributed by atoms with Crippen molar-refractivity contribution in [3.63, 3.8) is 0 Å². The summed E-state index contributed by atoms with van der Waals surface area (Å²) < 4.78 is 0. The van der Waals surface area contributed by atoms with E-state index in [9.17, 15) is 0 Å². The van der Waals surface area contributed by atoms with Crippen LogP contribution in [0.3, 0.4) is 0 Å². The highest BCUT2D eigenvalue weighted by atomic mass is 14.6. The van der Waals surface area contributed by atoms with Crippen molar-refractivity contribution in [3.05, 3.63) is 40.2 Å². The second-order valence-electron chi connectivity index (χ2n) is 4.38. The standard InChI is InChI=1S/C14H17N.C2H6/c1-8-6-15-7-13-11(4)9(2)10(3)12(5)14(8)13;1-2/h6-7H,1-5H3;1-2H3. The number of nitrogens with zero attached hydrogens (tertiary/aromatic N) is 1. The van der Waals surface area contributed by atoms with Crippen LogP contribution >= 0.6 is 0 Å². The van der Waals surface area contributed by atoms with Gasteiger partial charge in [0.25, 0.3) is 0 Å². The summed E-state index contributed by atoms with van der Waals surface area (Å²) in [7, 11) is 0. The zero-order valence-corrected chi connectivity index (χ0v) is 12.1. The highest BCUT2D eigenvalue weighted by Crippen LogP contribution is 2.30. The molecule has 92 valence electrons. The van der Waals surface area contributed by atoms with Gasteiger partial charge in [-0.1, -0.05) is 13.8 Å². The van der Waals surface area contributed by atoms with Gasteiger partial charge in [0.15, 0.2) is 0 Å². The number of hydrogen-bond donors (Lipinski definition) is 0. The summed E-state index contributed by atoms with van der Waals surface area (Å²) >= 11 is 0. The maximum atomic E-state index is 4.29. The quantitative estimate of drug-likeness (QED) is 0.632. The third kappa shape index (κ3) is 2.19. The average molecular weight is 229 g/mol. The molecule has 0 N–H and O–H groups in total. The maximum absolute atomic E-state index is 4.29. The third-order valence-electron chi connectivity index (χ3n) is 3.60. The number of fused-ring (bicyclic) bond motifs is 1. The molecule has 1 aromatic heterocycles. The minimum Gasteiger partial charge on any atom is -0.264 e. The molecule has 0 aliphatic rings. The van der Waals surface area contributed by atoms with E-state index in [4.69, 9.17) is 0 Å². The lowest BCUT2D eigenvalue weighted by Crippen LogP contribution is -1.96. The van der Waals surface area contributed by atoms with E-state index in [1.54, 1.807) is 0 Å². The van der Waals surface area contributed by atoms with Gasteiger partial charge in [-0.15, -0.1) is 0 Å². The molecule has 0 spiro atoms. The lowest BCUT2D eigenvalue weighted by molar-refractivity contribution is 1.22. The highest BCUT2D eigenvalue weighted by molar-refractivity contribution is 5.92.